The zero-order valence-electron chi connectivity index (χ0n) is 12.1. The standard InChI is InChI=1S/C14H15BrFN2O3P/c1-3-20-22(19,21-4-2)14(11(8-17)9-18)10-5-6-13(16)12(15)7-10/h5-7,11,14H,3-4H2,1-2H3. The van der Waals surface area contributed by atoms with Gasteiger partial charge in [-0.3, -0.25) is 4.57 Å². The second-order valence-electron chi connectivity index (χ2n) is 4.23. The number of nitrogens with zero attached hydrogens (tertiary/aromatic N) is 2. The summed E-state index contributed by atoms with van der Waals surface area (Å²) in [6, 6.07) is 7.53. The summed E-state index contributed by atoms with van der Waals surface area (Å²) in [6.45, 7) is 3.47. The molecule has 0 amide bonds. The lowest BCUT2D eigenvalue weighted by atomic mass is 10.0. The van der Waals surface area contributed by atoms with E-state index in [-0.39, 0.29) is 17.7 Å². The van der Waals surface area contributed by atoms with E-state index in [4.69, 9.17) is 9.05 Å². The van der Waals surface area contributed by atoms with Crippen LogP contribution in [0.3, 0.4) is 0 Å². The van der Waals surface area contributed by atoms with Gasteiger partial charge in [-0.1, -0.05) is 6.07 Å². The lowest BCUT2D eigenvalue weighted by Crippen LogP contribution is -2.14. The molecule has 0 aromatic heterocycles. The van der Waals surface area contributed by atoms with Gasteiger partial charge in [0.15, 0.2) is 5.92 Å². The molecule has 0 spiro atoms. The van der Waals surface area contributed by atoms with Crippen LogP contribution in [-0.4, -0.2) is 13.2 Å². The van der Waals surface area contributed by atoms with E-state index in [0.717, 1.165) is 0 Å². The summed E-state index contributed by atoms with van der Waals surface area (Å²) in [5.41, 5.74) is -0.772. The van der Waals surface area contributed by atoms with E-state index in [1.165, 1.54) is 18.2 Å². The fourth-order valence-corrected chi connectivity index (χ4v) is 4.52. The Bertz CT molecular complexity index is 632. The monoisotopic (exact) mass is 388 g/mol. The van der Waals surface area contributed by atoms with Gasteiger partial charge in [0.25, 0.3) is 0 Å². The first-order valence-corrected chi connectivity index (χ1v) is 8.96. The number of hydrogen-bond acceptors (Lipinski definition) is 5. The van der Waals surface area contributed by atoms with Crippen molar-refractivity contribution in [2.75, 3.05) is 13.2 Å². The first-order valence-electron chi connectivity index (χ1n) is 6.56. The fraction of sp³-hybridized carbons (Fsp3) is 0.429. The average Bonchev–Trinajstić information content (AvgIpc) is 2.48. The van der Waals surface area contributed by atoms with Gasteiger partial charge in [0.05, 0.1) is 29.8 Å². The molecule has 0 radical (unpaired) electrons. The second-order valence-corrected chi connectivity index (χ2v) is 7.24. The summed E-state index contributed by atoms with van der Waals surface area (Å²) in [7, 11) is -3.76. The number of benzene rings is 1. The molecule has 5 nitrogen and oxygen atoms in total. The number of halogens is 2. The molecule has 1 atom stereocenters. The van der Waals surface area contributed by atoms with Crippen LogP contribution in [0, 0.1) is 34.4 Å². The molecule has 22 heavy (non-hydrogen) atoms. The van der Waals surface area contributed by atoms with Crippen molar-refractivity contribution in [2.24, 2.45) is 5.92 Å². The summed E-state index contributed by atoms with van der Waals surface area (Å²) in [5, 5.41) is 18.4. The number of rotatable bonds is 7. The topological polar surface area (TPSA) is 83.1 Å². The SMILES string of the molecule is CCOP(=O)(OCC)C(c1ccc(F)c(Br)c1)C(C#N)C#N. The van der Waals surface area contributed by atoms with Crippen LogP contribution in [0.25, 0.3) is 0 Å². The molecule has 0 bridgehead atoms. The van der Waals surface area contributed by atoms with Crippen LogP contribution >= 0.6 is 23.5 Å². The van der Waals surface area contributed by atoms with Crippen LogP contribution in [0.2, 0.25) is 0 Å². The highest BCUT2D eigenvalue weighted by Gasteiger charge is 2.43. The molecule has 8 heteroatoms. The molecule has 0 aliphatic heterocycles. The first-order chi connectivity index (χ1) is 10.4. The van der Waals surface area contributed by atoms with Gasteiger partial charge in [-0.25, -0.2) is 4.39 Å². The lowest BCUT2D eigenvalue weighted by Gasteiger charge is -2.27. The van der Waals surface area contributed by atoms with Gasteiger partial charge in [0.2, 0.25) is 0 Å². The molecule has 0 fully saturated rings. The van der Waals surface area contributed by atoms with E-state index >= 15 is 0 Å². The van der Waals surface area contributed by atoms with Gasteiger partial charge >= 0.3 is 7.60 Å². The van der Waals surface area contributed by atoms with E-state index in [0.29, 0.717) is 5.56 Å². The van der Waals surface area contributed by atoms with Gasteiger partial charge in [-0.2, -0.15) is 10.5 Å². The maximum atomic E-state index is 13.4. The highest BCUT2D eigenvalue weighted by molar-refractivity contribution is 9.10. The Morgan fingerprint density at radius 3 is 2.23 bits per heavy atom. The van der Waals surface area contributed by atoms with Crippen LogP contribution in [-0.2, 0) is 13.6 Å². The van der Waals surface area contributed by atoms with Gasteiger partial charge in [0, 0.05) is 0 Å². The van der Waals surface area contributed by atoms with Crippen molar-refractivity contribution < 1.29 is 18.0 Å². The van der Waals surface area contributed by atoms with Crippen molar-refractivity contribution in [1.29, 1.82) is 10.5 Å². The van der Waals surface area contributed by atoms with E-state index < -0.39 is 25.0 Å². The zero-order valence-corrected chi connectivity index (χ0v) is 14.6. The van der Waals surface area contributed by atoms with Crippen molar-refractivity contribution in [1.82, 2.24) is 0 Å². The van der Waals surface area contributed by atoms with Crippen molar-refractivity contribution >= 4 is 23.5 Å². The first kappa shape index (κ1) is 18.8. The van der Waals surface area contributed by atoms with E-state index in [1.54, 1.807) is 26.0 Å². The molecule has 0 saturated carbocycles. The summed E-state index contributed by atoms with van der Waals surface area (Å²) in [5.74, 6) is -1.75. The minimum atomic E-state index is -3.76. The lowest BCUT2D eigenvalue weighted by molar-refractivity contribution is 0.209. The van der Waals surface area contributed by atoms with Crippen molar-refractivity contribution in [3.63, 3.8) is 0 Å². The molecule has 1 aromatic rings. The summed E-state index contributed by atoms with van der Waals surface area (Å²) < 4.78 is 37.1. The molecular formula is C14H15BrFN2O3P. The van der Waals surface area contributed by atoms with Crippen molar-refractivity contribution in [2.45, 2.75) is 19.5 Å². The van der Waals surface area contributed by atoms with Crippen molar-refractivity contribution in [3.05, 3.63) is 34.1 Å². The molecule has 1 unspecified atom stereocenters. The summed E-state index contributed by atoms with van der Waals surface area (Å²) in [6.07, 6.45) is 0. The molecule has 0 N–H and O–H groups in total. The van der Waals surface area contributed by atoms with Crippen LogP contribution in [0.1, 0.15) is 25.1 Å². The van der Waals surface area contributed by atoms with Gasteiger partial charge in [0.1, 0.15) is 11.5 Å². The van der Waals surface area contributed by atoms with E-state index in [9.17, 15) is 19.5 Å². The van der Waals surface area contributed by atoms with E-state index in [1.807, 2.05) is 0 Å². The maximum Gasteiger partial charge on any atom is 0.340 e. The van der Waals surface area contributed by atoms with Gasteiger partial charge in [-0.15, -0.1) is 0 Å². The van der Waals surface area contributed by atoms with Crippen LogP contribution < -0.4 is 0 Å². The quantitative estimate of drug-likeness (QED) is 0.639. The number of hydrogen-bond donors (Lipinski definition) is 0. The van der Waals surface area contributed by atoms with Crippen molar-refractivity contribution in [3.8, 4) is 12.1 Å². The van der Waals surface area contributed by atoms with Crippen LogP contribution in [0.15, 0.2) is 22.7 Å². The van der Waals surface area contributed by atoms with Gasteiger partial charge < -0.3 is 9.05 Å². The largest absolute Gasteiger partial charge is 0.340 e. The summed E-state index contributed by atoms with van der Waals surface area (Å²) >= 11 is 3.04. The normalized spacial score (nSPS) is 12.7. The van der Waals surface area contributed by atoms with Crippen LogP contribution in [0.5, 0.6) is 0 Å². The molecule has 0 heterocycles. The highest BCUT2D eigenvalue weighted by atomic mass is 79.9. The van der Waals surface area contributed by atoms with E-state index in [2.05, 4.69) is 15.9 Å². The third-order valence-electron chi connectivity index (χ3n) is 2.84. The Labute approximate surface area is 137 Å². The fourth-order valence-electron chi connectivity index (χ4n) is 1.98. The molecule has 1 aromatic carbocycles. The maximum absolute atomic E-state index is 13.4. The molecular weight excluding hydrogens is 374 g/mol. The molecule has 0 saturated heterocycles. The Balaban J connectivity index is 3.47. The average molecular weight is 389 g/mol. The Morgan fingerprint density at radius 1 is 1.27 bits per heavy atom. The second kappa shape index (κ2) is 8.41. The highest BCUT2D eigenvalue weighted by Crippen LogP contribution is 2.63. The predicted molar refractivity (Wildman–Crippen MR) is 82.4 cm³/mol. The van der Waals surface area contributed by atoms with Crippen LogP contribution in [0.4, 0.5) is 4.39 Å². The summed E-state index contributed by atoms with van der Waals surface area (Å²) in [4.78, 5) is 0. The number of nitriles is 2. The minimum absolute atomic E-state index is 0.0969. The molecule has 0 aliphatic carbocycles. The molecule has 1 rings (SSSR count). The Morgan fingerprint density at radius 2 is 1.82 bits per heavy atom. The molecule has 0 aliphatic rings. The van der Waals surface area contributed by atoms with Gasteiger partial charge in [-0.05, 0) is 47.5 Å². The third-order valence-corrected chi connectivity index (χ3v) is 5.96. The minimum Gasteiger partial charge on any atom is -0.308 e. The Kier molecular flexibility index (Phi) is 7.19. The third kappa shape index (κ3) is 4.15. The predicted octanol–water partition coefficient (Wildman–Crippen LogP) is 4.56. The zero-order chi connectivity index (χ0) is 16.8. The smallest absolute Gasteiger partial charge is 0.308 e. The molecule has 118 valence electrons. The Hall–Kier alpha value is -1.24.